The molecule has 0 N–H and O–H groups in total. The summed E-state index contributed by atoms with van der Waals surface area (Å²) in [4.78, 5) is 24.7. The van der Waals surface area contributed by atoms with Crippen LogP contribution in [0.4, 0.5) is 4.39 Å². The lowest BCUT2D eigenvalue weighted by Crippen LogP contribution is -2.35. The smallest absolute Gasteiger partial charge is 0.166 e. The molecule has 1 saturated carbocycles. The van der Waals surface area contributed by atoms with Gasteiger partial charge in [0.1, 0.15) is 11.5 Å². The van der Waals surface area contributed by atoms with Gasteiger partial charge in [-0.25, -0.2) is 4.39 Å². The van der Waals surface area contributed by atoms with Gasteiger partial charge < -0.3 is 9.47 Å². The molecule has 0 unspecified atom stereocenters. The molecule has 8 heteroatoms. The SMILES string of the molecule is O=C(Cc1ccc(Oc2ccnc3cc(-c4ccc(CN5CCOCC5)cn4)sc23)c(F)c1)CC1CC1. The number of pyridine rings is 2. The monoisotopic (exact) mass is 517 g/mol. The van der Waals surface area contributed by atoms with Crippen molar-refractivity contribution in [3.05, 3.63) is 71.8 Å². The van der Waals surface area contributed by atoms with Gasteiger partial charge in [-0.15, -0.1) is 11.3 Å². The number of hydrogen-bond acceptors (Lipinski definition) is 7. The third-order valence-electron chi connectivity index (χ3n) is 6.79. The first-order chi connectivity index (χ1) is 18.1. The Morgan fingerprint density at radius 3 is 2.65 bits per heavy atom. The average molecular weight is 518 g/mol. The number of thiophene rings is 1. The zero-order valence-corrected chi connectivity index (χ0v) is 21.3. The normalized spacial score (nSPS) is 16.2. The maximum absolute atomic E-state index is 14.9. The summed E-state index contributed by atoms with van der Waals surface area (Å²) in [5.74, 6) is 0.900. The predicted molar refractivity (Wildman–Crippen MR) is 141 cm³/mol. The summed E-state index contributed by atoms with van der Waals surface area (Å²) >= 11 is 1.52. The van der Waals surface area contributed by atoms with Gasteiger partial charge in [0, 0.05) is 50.9 Å². The minimum Gasteiger partial charge on any atom is -0.453 e. The molecule has 6 rings (SSSR count). The third-order valence-corrected chi connectivity index (χ3v) is 7.95. The van der Waals surface area contributed by atoms with Crippen molar-refractivity contribution >= 4 is 27.3 Å². The van der Waals surface area contributed by atoms with Crippen LogP contribution in [0.2, 0.25) is 0 Å². The van der Waals surface area contributed by atoms with E-state index in [1.54, 1.807) is 24.4 Å². The Balaban J connectivity index is 1.17. The standard InChI is InChI=1S/C29H28FN3O3S/c30-23-15-20(14-22(34)13-19-1-2-19)4-6-26(23)36-27-7-8-31-25-16-28(37-29(25)27)24-5-3-21(17-32-24)18-33-9-11-35-12-10-33/h3-8,15-17,19H,1-2,9-14,18H2. The Morgan fingerprint density at radius 1 is 1.05 bits per heavy atom. The van der Waals surface area contributed by atoms with Crippen LogP contribution in [0.5, 0.6) is 11.5 Å². The molecule has 6 nitrogen and oxygen atoms in total. The highest BCUT2D eigenvalue weighted by molar-refractivity contribution is 7.22. The maximum atomic E-state index is 14.9. The number of halogens is 1. The number of morpholine rings is 1. The lowest BCUT2D eigenvalue weighted by Gasteiger charge is -2.26. The molecular weight excluding hydrogens is 489 g/mol. The Labute approximate surface area is 219 Å². The van der Waals surface area contributed by atoms with Crippen LogP contribution in [0.1, 0.15) is 30.4 Å². The van der Waals surface area contributed by atoms with Gasteiger partial charge in [0.15, 0.2) is 11.6 Å². The molecule has 190 valence electrons. The van der Waals surface area contributed by atoms with Gasteiger partial charge in [0.05, 0.1) is 34.0 Å². The number of Topliss-reactive ketones (excluding diaryl/α,β-unsaturated/α-hetero) is 1. The molecule has 1 saturated heterocycles. The molecule has 0 spiro atoms. The number of rotatable bonds is 9. The first kappa shape index (κ1) is 24.2. The molecule has 2 aliphatic rings. The van der Waals surface area contributed by atoms with Crippen LogP contribution in [0.3, 0.4) is 0 Å². The molecule has 2 fully saturated rings. The highest BCUT2D eigenvalue weighted by Crippen LogP contribution is 2.39. The number of carbonyl (C=O) groups is 1. The first-order valence-electron chi connectivity index (χ1n) is 12.7. The van der Waals surface area contributed by atoms with Crippen LogP contribution in [0.25, 0.3) is 20.8 Å². The number of hydrogen-bond donors (Lipinski definition) is 0. The van der Waals surface area contributed by atoms with Crippen LogP contribution in [0.15, 0.2) is 54.9 Å². The Kier molecular flexibility index (Phi) is 6.95. The number of aromatic nitrogens is 2. The summed E-state index contributed by atoms with van der Waals surface area (Å²) in [5, 5.41) is 0. The number of fused-ring (bicyclic) bond motifs is 1. The topological polar surface area (TPSA) is 64.5 Å². The van der Waals surface area contributed by atoms with E-state index in [-0.39, 0.29) is 18.0 Å². The summed E-state index contributed by atoms with van der Waals surface area (Å²) in [6.07, 6.45) is 6.71. The largest absolute Gasteiger partial charge is 0.453 e. The summed E-state index contributed by atoms with van der Waals surface area (Å²) in [5.41, 5.74) is 3.49. The number of benzene rings is 1. The van der Waals surface area contributed by atoms with Gasteiger partial charge in [-0.1, -0.05) is 12.1 Å². The second-order valence-electron chi connectivity index (χ2n) is 9.80. The number of ketones is 1. The molecule has 3 aromatic heterocycles. The highest BCUT2D eigenvalue weighted by atomic mass is 32.1. The average Bonchev–Trinajstić information content (AvgIpc) is 3.60. The minimum atomic E-state index is -0.476. The summed E-state index contributed by atoms with van der Waals surface area (Å²) < 4.78 is 27.1. The van der Waals surface area contributed by atoms with Gasteiger partial charge in [-0.2, -0.15) is 0 Å². The fourth-order valence-electron chi connectivity index (χ4n) is 4.60. The molecule has 4 heterocycles. The molecule has 37 heavy (non-hydrogen) atoms. The van der Waals surface area contributed by atoms with E-state index in [1.165, 1.54) is 23.0 Å². The van der Waals surface area contributed by atoms with Crippen LogP contribution in [0, 0.1) is 11.7 Å². The Bertz CT molecular complexity index is 1410. The van der Waals surface area contributed by atoms with Crippen molar-refractivity contribution in [2.24, 2.45) is 5.92 Å². The Hall–Kier alpha value is -3.20. The van der Waals surface area contributed by atoms with E-state index in [0.29, 0.717) is 23.7 Å². The molecule has 0 bridgehead atoms. The van der Waals surface area contributed by atoms with Crippen molar-refractivity contribution in [1.29, 1.82) is 0 Å². The summed E-state index contributed by atoms with van der Waals surface area (Å²) in [7, 11) is 0. The van der Waals surface area contributed by atoms with Gasteiger partial charge >= 0.3 is 0 Å². The van der Waals surface area contributed by atoms with Crippen molar-refractivity contribution in [2.45, 2.75) is 32.2 Å². The molecule has 1 aromatic carbocycles. The van der Waals surface area contributed by atoms with Gasteiger partial charge in [-0.05, 0) is 54.2 Å². The fraction of sp³-hybridized carbons (Fsp3) is 0.345. The van der Waals surface area contributed by atoms with E-state index in [0.717, 1.165) is 66.5 Å². The quantitative estimate of drug-likeness (QED) is 0.270. The molecule has 4 aromatic rings. The number of nitrogens with zero attached hydrogens (tertiary/aromatic N) is 3. The summed E-state index contributed by atoms with van der Waals surface area (Å²) in [6.45, 7) is 4.29. The van der Waals surface area contributed by atoms with E-state index in [9.17, 15) is 9.18 Å². The zero-order valence-electron chi connectivity index (χ0n) is 20.5. The van der Waals surface area contributed by atoms with Crippen molar-refractivity contribution in [3.63, 3.8) is 0 Å². The molecule has 1 aliphatic heterocycles. The molecule has 0 radical (unpaired) electrons. The first-order valence-corrected chi connectivity index (χ1v) is 13.5. The summed E-state index contributed by atoms with van der Waals surface area (Å²) in [6, 6.07) is 12.6. The van der Waals surface area contributed by atoms with Crippen molar-refractivity contribution in [3.8, 4) is 22.1 Å². The van der Waals surface area contributed by atoms with Gasteiger partial charge in [0.2, 0.25) is 0 Å². The van der Waals surface area contributed by atoms with Crippen molar-refractivity contribution < 1.29 is 18.7 Å². The maximum Gasteiger partial charge on any atom is 0.166 e. The molecule has 0 atom stereocenters. The van der Waals surface area contributed by atoms with E-state index in [2.05, 4.69) is 20.9 Å². The Morgan fingerprint density at radius 2 is 1.89 bits per heavy atom. The molecule has 1 aliphatic carbocycles. The third kappa shape index (κ3) is 5.87. The number of carbonyl (C=O) groups excluding carboxylic acids is 1. The van der Waals surface area contributed by atoms with E-state index in [1.807, 2.05) is 18.3 Å². The van der Waals surface area contributed by atoms with Crippen molar-refractivity contribution in [2.75, 3.05) is 26.3 Å². The van der Waals surface area contributed by atoms with Crippen molar-refractivity contribution in [1.82, 2.24) is 14.9 Å². The van der Waals surface area contributed by atoms with Gasteiger partial charge in [0.25, 0.3) is 0 Å². The lowest BCUT2D eigenvalue weighted by atomic mass is 10.0. The highest BCUT2D eigenvalue weighted by Gasteiger charge is 2.24. The fourth-order valence-corrected chi connectivity index (χ4v) is 5.64. The number of ether oxygens (including phenoxy) is 2. The second-order valence-corrected chi connectivity index (χ2v) is 10.9. The van der Waals surface area contributed by atoms with Crippen LogP contribution in [-0.2, 0) is 22.5 Å². The van der Waals surface area contributed by atoms with E-state index in [4.69, 9.17) is 9.47 Å². The van der Waals surface area contributed by atoms with Gasteiger partial charge in [-0.3, -0.25) is 19.7 Å². The second kappa shape index (κ2) is 10.7. The molecule has 0 amide bonds. The van der Waals surface area contributed by atoms with Crippen LogP contribution < -0.4 is 4.74 Å². The zero-order chi connectivity index (χ0) is 25.2. The predicted octanol–water partition coefficient (Wildman–Crippen LogP) is 6.03. The van der Waals surface area contributed by atoms with Crippen LogP contribution >= 0.6 is 11.3 Å². The minimum absolute atomic E-state index is 0.131. The lowest BCUT2D eigenvalue weighted by molar-refractivity contribution is -0.118. The molecular formula is C29H28FN3O3S. The van der Waals surface area contributed by atoms with Crippen LogP contribution in [-0.4, -0.2) is 47.0 Å². The van der Waals surface area contributed by atoms with E-state index >= 15 is 0 Å². The van der Waals surface area contributed by atoms with E-state index < -0.39 is 5.82 Å².